The van der Waals surface area contributed by atoms with Crippen molar-refractivity contribution in [3.63, 3.8) is 0 Å². The topological polar surface area (TPSA) is 67.6 Å². The molecule has 2 aromatic rings. The molecule has 0 bridgehead atoms. The van der Waals surface area contributed by atoms with Crippen LogP contribution in [0.4, 0.5) is 0 Å². The fourth-order valence-electron chi connectivity index (χ4n) is 1.70. The first-order chi connectivity index (χ1) is 11.6. The molecule has 122 valence electrons. The molecule has 0 amide bonds. The third-order valence-electron chi connectivity index (χ3n) is 2.82. The van der Waals surface area contributed by atoms with Gasteiger partial charge in [-0.2, -0.15) is 4.99 Å². The minimum Gasteiger partial charge on any atom is -0.481 e. The van der Waals surface area contributed by atoms with E-state index in [1.165, 1.54) is 19.3 Å². The number of aliphatic imine (C=N–C) groups is 1. The summed E-state index contributed by atoms with van der Waals surface area (Å²) in [6.07, 6.45) is 2.94. The van der Waals surface area contributed by atoms with Gasteiger partial charge in [0.2, 0.25) is 11.8 Å². The molecule has 1 aromatic carbocycles. The predicted molar refractivity (Wildman–Crippen MR) is 96.3 cm³/mol. The molecule has 1 N–H and O–H groups in total. The molecular weight excluding hydrogens is 326 g/mol. The molecule has 0 fully saturated rings. The van der Waals surface area contributed by atoms with Gasteiger partial charge in [-0.15, -0.1) is 0 Å². The van der Waals surface area contributed by atoms with Crippen LogP contribution in [0.15, 0.2) is 77.3 Å². The molecular formula is C18H16ClN3O2. The van der Waals surface area contributed by atoms with Crippen LogP contribution in [-0.2, 0) is 0 Å². The van der Waals surface area contributed by atoms with Gasteiger partial charge in [-0.3, -0.25) is 5.41 Å². The van der Waals surface area contributed by atoms with E-state index < -0.39 is 0 Å². The Morgan fingerprint density at radius 2 is 1.96 bits per heavy atom. The highest BCUT2D eigenvalue weighted by molar-refractivity contribution is 6.32. The van der Waals surface area contributed by atoms with Crippen LogP contribution in [0, 0.1) is 5.41 Å². The second kappa shape index (κ2) is 8.64. The van der Waals surface area contributed by atoms with Crippen LogP contribution in [0.5, 0.6) is 11.6 Å². The summed E-state index contributed by atoms with van der Waals surface area (Å²) in [5.41, 5.74) is 0.353. The number of pyridine rings is 1. The summed E-state index contributed by atoms with van der Waals surface area (Å²) in [5.74, 6) is 1.05. The second-order valence-electron chi connectivity index (χ2n) is 4.51. The minimum atomic E-state index is -0.0791. The average Bonchev–Trinajstić information content (AvgIpc) is 2.62. The van der Waals surface area contributed by atoms with Gasteiger partial charge in [0.15, 0.2) is 5.84 Å². The summed E-state index contributed by atoms with van der Waals surface area (Å²) in [7, 11) is 1.51. The Kier molecular flexibility index (Phi) is 6.28. The van der Waals surface area contributed by atoms with Crippen LogP contribution in [0.2, 0.25) is 0 Å². The zero-order chi connectivity index (χ0) is 17.4. The van der Waals surface area contributed by atoms with Crippen molar-refractivity contribution in [3.8, 4) is 11.6 Å². The largest absolute Gasteiger partial charge is 0.481 e. The Hall–Kier alpha value is -2.92. The quantitative estimate of drug-likeness (QED) is 0.503. The van der Waals surface area contributed by atoms with Gasteiger partial charge in [-0.1, -0.05) is 48.5 Å². The van der Waals surface area contributed by atoms with E-state index in [9.17, 15) is 0 Å². The number of halogens is 1. The summed E-state index contributed by atoms with van der Waals surface area (Å²) >= 11 is 5.98. The summed E-state index contributed by atoms with van der Waals surface area (Å²) in [6.45, 7) is 3.59. The van der Waals surface area contributed by atoms with Gasteiger partial charge in [0.05, 0.1) is 7.11 Å². The monoisotopic (exact) mass is 341 g/mol. The fourth-order valence-corrected chi connectivity index (χ4v) is 1.79. The molecule has 24 heavy (non-hydrogen) atoms. The van der Waals surface area contributed by atoms with Gasteiger partial charge < -0.3 is 9.47 Å². The van der Waals surface area contributed by atoms with Crippen molar-refractivity contribution in [3.05, 3.63) is 78.0 Å². The maximum absolute atomic E-state index is 8.12. The smallest absolute Gasteiger partial charge is 0.222 e. The zero-order valence-corrected chi connectivity index (χ0v) is 13.8. The Labute approximate surface area is 145 Å². The fraction of sp³-hybridized carbons (Fsp3) is 0.0556. The second-order valence-corrected chi connectivity index (χ2v) is 4.95. The number of amidine groups is 1. The molecule has 0 aliphatic carbocycles. The van der Waals surface area contributed by atoms with Crippen LogP contribution < -0.4 is 9.47 Å². The summed E-state index contributed by atoms with van der Waals surface area (Å²) in [4.78, 5) is 8.32. The molecule has 0 saturated carbocycles. The molecule has 1 heterocycles. The Bertz CT molecular complexity index is 786. The zero-order valence-electron chi connectivity index (χ0n) is 13.1. The number of benzene rings is 1. The highest BCUT2D eigenvalue weighted by Gasteiger charge is 2.07. The number of aromatic nitrogens is 1. The number of hydrogen-bond donors (Lipinski definition) is 1. The summed E-state index contributed by atoms with van der Waals surface area (Å²) in [6, 6.07) is 14.2. The van der Waals surface area contributed by atoms with Gasteiger partial charge in [0.25, 0.3) is 0 Å². The number of nitrogens with zero attached hydrogens (tertiary/aromatic N) is 2. The maximum Gasteiger partial charge on any atom is 0.222 e. The van der Waals surface area contributed by atoms with Crippen molar-refractivity contribution < 1.29 is 9.47 Å². The van der Waals surface area contributed by atoms with E-state index >= 15 is 0 Å². The Balaban J connectivity index is 2.32. The molecule has 0 aliphatic heterocycles. The normalized spacial score (nSPS) is 11.8. The summed E-state index contributed by atoms with van der Waals surface area (Å²) in [5, 5.41) is 8.46. The number of ether oxygens (including phenoxy) is 2. The van der Waals surface area contributed by atoms with Crippen LogP contribution in [0.25, 0.3) is 0 Å². The third kappa shape index (κ3) is 5.07. The molecule has 5 nitrogen and oxygen atoms in total. The molecule has 0 radical (unpaired) electrons. The Morgan fingerprint density at radius 1 is 1.21 bits per heavy atom. The molecule has 1 aromatic heterocycles. The van der Waals surface area contributed by atoms with Crippen molar-refractivity contribution in [2.75, 3.05) is 7.11 Å². The van der Waals surface area contributed by atoms with Crippen LogP contribution in [-0.4, -0.2) is 23.8 Å². The standard InChI is InChI=1S/C18H16ClN3O2/c1-3-13(19)12-17(24-14-8-5-4-6-9-14)22-18(20)15-10-7-11-16(21-15)23-2/h3-12,20H,1H2,2H3/b13-12-,20-18?,22-17?. The van der Waals surface area contributed by atoms with E-state index in [2.05, 4.69) is 16.6 Å². The minimum absolute atomic E-state index is 0.0791. The van der Waals surface area contributed by atoms with Crippen molar-refractivity contribution >= 4 is 23.3 Å². The predicted octanol–water partition coefficient (Wildman–Crippen LogP) is 4.20. The van der Waals surface area contributed by atoms with E-state index in [1.807, 2.05) is 18.2 Å². The maximum atomic E-state index is 8.12. The van der Waals surface area contributed by atoms with Crippen LogP contribution >= 0.6 is 11.6 Å². The first-order valence-corrected chi connectivity index (χ1v) is 7.41. The molecule has 0 atom stereocenters. The van der Waals surface area contributed by atoms with Crippen molar-refractivity contribution in [1.29, 1.82) is 5.41 Å². The lowest BCUT2D eigenvalue weighted by molar-refractivity contribution is 0.397. The number of para-hydroxylation sites is 1. The third-order valence-corrected chi connectivity index (χ3v) is 3.08. The number of rotatable bonds is 5. The number of allylic oxidation sites excluding steroid dienone is 2. The van der Waals surface area contributed by atoms with Crippen molar-refractivity contribution in [1.82, 2.24) is 4.98 Å². The van der Waals surface area contributed by atoms with Crippen LogP contribution in [0.3, 0.4) is 0 Å². The molecule has 0 aliphatic rings. The van der Waals surface area contributed by atoms with Gasteiger partial charge in [-0.25, -0.2) is 4.98 Å². The SMILES string of the molecule is C=C/C(Cl)=C/C(=NC(=N)c1cccc(OC)n1)Oc1ccccc1. The van der Waals surface area contributed by atoms with E-state index in [-0.39, 0.29) is 11.7 Å². The lowest BCUT2D eigenvalue weighted by Gasteiger charge is -2.07. The van der Waals surface area contributed by atoms with E-state index in [0.717, 1.165) is 0 Å². The van der Waals surface area contributed by atoms with Gasteiger partial charge >= 0.3 is 0 Å². The first kappa shape index (κ1) is 17.4. The van der Waals surface area contributed by atoms with Gasteiger partial charge in [0.1, 0.15) is 11.4 Å². The van der Waals surface area contributed by atoms with E-state index in [1.54, 1.807) is 30.3 Å². The van der Waals surface area contributed by atoms with Crippen molar-refractivity contribution in [2.45, 2.75) is 0 Å². The van der Waals surface area contributed by atoms with E-state index in [4.69, 9.17) is 26.5 Å². The molecule has 0 saturated heterocycles. The van der Waals surface area contributed by atoms with Crippen LogP contribution in [0.1, 0.15) is 5.69 Å². The van der Waals surface area contributed by atoms with Gasteiger partial charge in [-0.05, 0) is 18.2 Å². The van der Waals surface area contributed by atoms with Crippen molar-refractivity contribution in [2.24, 2.45) is 4.99 Å². The van der Waals surface area contributed by atoms with E-state index in [0.29, 0.717) is 22.4 Å². The number of nitrogens with one attached hydrogen (secondary N) is 1. The molecule has 2 rings (SSSR count). The number of hydrogen-bond acceptors (Lipinski definition) is 4. The highest BCUT2D eigenvalue weighted by Crippen LogP contribution is 2.13. The molecule has 6 heteroatoms. The lowest BCUT2D eigenvalue weighted by atomic mass is 10.3. The highest BCUT2D eigenvalue weighted by atomic mass is 35.5. The number of methoxy groups -OCH3 is 1. The Morgan fingerprint density at radius 3 is 2.62 bits per heavy atom. The van der Waals surface area contributed by atoms with Gasteiger partial charge in [0, 0.05) is 17.2 Å². The average molecular weight is 342 g/mol. The molecule has 0 unspecified atom stereocenters. The first-order valence-electron chi connectivity index (χ1n) is 7.03. The summed E-state index contributed by atoms with van der Waals surface area (Å²) < 4.78 is 10.7. The molecule has 0 spiro atoms. The lowest BCUT2D eigenvalue weighted by Crippen LogP contribution is -2.10.